The van der Waals surface area contributed by atoms with Gasteiger partial charge in [0.2, 0.25) is 0 Å². The third kappa shape index (κ3) is 5.75. The predicted octanol–water partition coefficient (Wildman–Crippen LogP) is 3.43. The highest BCUT2D eigenvalue weighted by Crippen LogP contribution is 2.11. The number of furan rings is 1. The Balaban J connectivity index is 1.99. The monoisotopic (exact) mass is 332 g/mol. The number of para-hydroxylation sites is 1. The molecule has 1 aromatic carbocycles. The molecule has 5 nitrogen and oxygen atoms in total. The molecule has 1 heterocycles. The molecule has 0 atom stereocenters. The van der Waals surface area contributed by atoms with Gasteiger partial charge in [-0.25, -0.2) is 0 Å². The molecule has 1 aromatic heterocycles. The molecule has 23 heavy (non-hydrogen) atoms. The predicted molar refractivity (Wildman–Crippen MR) is 93.0 cm³/mol. The van der Waals surface area contributed by atoms with Gasteiger partial charge in [0.1, 0.15) is 5.76 Å². The van der Waals surface area contributed by atoms with Crippen LogP contribution in [0.4, 0.5) is 5.69 Å². The molecule has 0 fully saturated rings. The first-order chi connectivity index (χ1) is 11.2. The van der Waals surface area contributed by atoms with E-state index in [9.17, 15) is 4.79 Å². The molecule has 2 aromatic rings. The molecule has 2 rings (SSSR count). The topological polar surface area (TPSA) is 54.7 Å². The van der Waals surface area contributed by atoms with Crippen LogP contribution < -0.4 is 5.32 Å². The van der Waals surface area contributed by atoms with Gasteiger partial charge in [-0.05, 0) is 43.4 Å². The number of thiocarbonyl (C=S) groups is 1. The number of nitrogens with one attached hydrogen (secondary N) is 1. The zero-order valence-corrected chi connectivity index (χ0v) is 13.8. The van der Waals surface area contributed by atoms with Gasteiger partial charge in [0.15, 0.2) is 5.11 Å². The van der Waals surface area contributed by atoms with Crippen LogP contribution in [0, 0.1) is 0 Å². The van der Waals surface area contributed by atoms with Gasteiger partial charge in [-0.3, -0.25) is 4.79 Å². The molecule has 122 valence electrons. The van der Waals surface area contributed by atoms with Crippen molar-refractivity contribution in [3.8, 4) is 0 Å². The van der Waals surface area contributed by atoms with Crippen molar-refractivity contribution >= 4 is 29.0 Å². The summed E-state index contributed by atoms with van der Waals surface area (Å²) < 4.78 is 10.3. The van der Waals surface area contributed by atoms with Gasteiger partial charge in [0.05, 0.1) is 25.8 Å². The second-order valence-electron chi connectivity index (χ2n) is 4.85. The van der Waals surface area contributed by atoms with Crippen molar-refractivity contribution in [3.05, 3.63) is 54.5 Å². The largest absolute Gasteiger partial charge is 0.467 e. The van der Waals surface area contributed by atoms with Crippen molar-refractivity contribution in [3.63, 3.8) is 0 Å². The van der Waals surface area contributed by atoms with Crippen LogP contribution in [0.25, 0.3) is 0 Å². The molecule has 0 spiro atoms. The van der Waals surface area contributed by atoms with E-state index in [1.807, 2.05) is 47.4 Å². The zero-order chi connectivity index (χ0) is 16.5. The van der Waals surface area contributed by atoms with Crippen LogP contribution in [-0.2, 0) is 16.1 Å². The SMILES string of the molecule is CCOC(=O)CCN(Cc1ccco1)C(=S)Nc1ccccc1. The lowest BCUT2D eigenvalue weighted by Crippen LogP contribution is -2.36. The van der Waals surface area contributed by atoms with Crippen LogP contribution in [0.15, 0.2) is 53.1 Å². The molecule has 6 heteroatoms. The van der Waals surface area contributed by atoms with E-state index >= 15 is 0 Å². The summed E-state index contributed by atoms with van der Waals surface area (Å²) in [5, 5.41) is 3.71. The molecule has 0 saturated heterocycles. The van der Waals surface area contributed by atoms with Crippen molar-refractivity contribution in [1.29, 1.82) is 0 Å². The summed E-state index contributed by atoms with van der Waals surface area (Å²) in [6, 6.07) is 13.4. The van der Waals surface area contributed by atoms with E-state index in [4.69, 9.17) is 21.4 Å². The summed E-state index contributed by atoms with van der Waals surface area (Å²) in [5.74, 6) is 0.547. The summed E-state index contributed by atoms with van der Waals surface area (Å²) in [6.07, 6.45) is 1.89. The fourth-order valence-electron chi connectivity index (χ4n) is 2.03. The Kier molecular flexibility index (Phi) is 6.62. The maximum Gasteiger partial charge on any atom is 0.307 e. The number of rotatable bonds is 7. The van der Waals surface area contributed by atoms with Gasteiger partial charge in [0, 0.05) is 12.2 Å². The summed E-state index contributed by atoms with van der Waals surface area (Å²) >= 11 is 5.47. The number of hydrogen-bond donors (Lipinski definition) is 1. The van der Waals surface area contributed by atoms with Crippen molar-refractivity contribution in [1.82, 2.24) is 4.90 Å². The smallest absolute Gasteiger partial charge is 0.307 e. The van der Waals surface area contributed by atoms with Crippen LogP contribution in [-0.4, -0.2) is 29.1 Å². The third-order valence-electron chi connectivity index (χ3n) is 3.13. The van der Waals surface area contributed by atoms with Crippen molar-refractivity contribution in [2.24, 2.45) is 0 Å². The minimum Gasteiger partial charge on any atom is -0.467 e. The van der Waals surface area contributed by atoms with E-state index in [0.717, 1.165) is 11.4 Å². The molecular formula is C17H20N2O3S. The Bertz CT molecular complexity index is 614. The summed E-state index contributed by atoms with van der Waals surface area (Å²) in [6.45, 7) is 3.12. The molecule has 0 saturated carbocycles. The third-order valence-corrected chi connectivity index (χ3v) is 3.49. The minimum atomic E-state index is -0.237. The molecule has 0 aliphatic carbocycles. The average molecular weight is 332 g/mol. The van der Waals surface area contributed by atoms with Crippen LogP contribution >= 0.6 is 12.2 Å². The molecular weight excluding hydrogens is 312 g/mol. The van der Waals surface area contributed by atoms with Crippen LogP contribution in [0.3, 0.4) is 0 Å². The molecule has 0 radical (unpaired) electrons. The van der Waals surface area contributed by atoms with E-state index in [1.54, 1.807) is 13.2 Å². The molecule has 0 unspecified atom stereocenters. The van der Waals surface area contributed by atoms with Crippen molar-refractivity contribution < 1.29 is 13.9 Å². The minimum absolute atomic E-state index is 0.237. The average Bonchev–Trinajstić information content (AvgIpc) is 3.05. The summed E-state index contributed by atoms with van der Waals surface area (Å²) in [5.41, 5.74) is 0.901. The number of hydrogen-bond acceptors (Lipinski definition) is 4. The maximum atomic E-state index is 11.6. The number of carbonyl (C=O) groups is 1. The van der Waals surface area contributed by atoms with Gasteiger partial charge in [-0.1, -0.05) is 18.2 Å². The van der Waals surface area contributed by atoms with Crippen molar-refractivity contribution in [2.45, 2.75) is 19.9 Å². The molecule has 0 amide bonds. The number of esters is 1. The fraction of sp³-hybridized carbons (Fsp3) is 0.294. The summed E-state index contributed by atoms with van der Waals surface area (Å²) in [7, 11) is 0. The highest BCUT2D eigenvalue weighted by Gasteiger charge is 2.14. The number of carbonyl (C=O) groups excluding carboxylic acids is 1. The van der Waals surface area contributed by atoms with Gasteiger partial charge in [-0.2, -0.15) is 0 Å². The molecule has 0 bridgehead atoms. The molecule has 1 N–H and O–H groups in total. The number of anilines is 1. The highest BCUT2D eigenvalue weighted by atomic mass is 32.1. The molecule has 0 aliphatic rings. The second kappa shape index (κ2) is 8.95. The lowest BCUT2D eigenvalue weighted by molar-refractivity contribution is -0.143. The number of ether oxygens (including phenoxy) is 1. The second-order valence-corrected chi connectivity index (χ2v) is 5.24. The highest BCUT2D eigenvalue weighted by molar-refractivity contribution is 7.80. The van der Waals surface area contributed by atoms with E-state index in [0.29, 0.717) is 24.8 Å². The van der Waals surface area contributed by atoms with Crippen LogP contribution in [0.5, 0.6) is 0 Å². The van der Waals surface area contributed by atoms with E-state index in [1.165, 1.54) is 0 Å². The first-order valence-electron chi connectivity index (χ1n) is 7.48. The fourth-order valence-corrected chi connectivity index (χ4v) is 2.30. The Morgan fingerprint density at radius 1 is 1.26 bits per heavy atom. The summed E-state index contributed by atoms with van der Waals surface area (Å²) in [4.78, 5) is 13.5. The normalized spacial score (nSPS) is 10.1. The van der Waals surface area contributed by atoms with Gasteiger partial charge >= 0.3 is 5.97 Å². The first kappa shape index (κ1) is 17.0. The maximum absolute atomic E-state index is 11.6. The number of nitrogens with zero attached hydrogens (tertiary/aromatic N) is 1. The Hall–Kier alpha value is -2.34. The Labute approximate surface area is 141 Å². The Morgan fingerprint density at radius 3 is 2.70 bits per heavy atom. The van der Waals surface area contributed by atoms with Gasteiger partial charge in [0.25, 0.3) is 0 Å². The zero-order valence-electron chi connectivity index (χ0n) is 13.0. The van der Waals surface area contributed by atoms with E-state index < -0.39 is 0 Å². The quantitative estimate of drug-likeness (QED) is 0.619. The van der Waals surface area contributed by atoms with Gasteiger partial charge in [-0.15, -0.1) is 0 Å². The van der Waals surface area contributed by atoms with Gasteiger partial charge < -0.3 is 19.4 Å². The Morgan fingerprint density at radius 2 is 2.04 bits per heavy atom. The van der Waals surface area contributed by atoms with Crippen LogP contribution in [0.2, 0.25) is 0 Å². The first-order valence-corrected chi connectivity index (χ1v) is 7.89. The van der Waals surface area contributed by atoms with Crippen molar-refractivity contribution in [2.75, 3.05) is 18.5 Å². The standard InChI is InChI=1S/C17H20N2O3S/c1-2-21-16(20)10-11-19(13-15-9-6-12-22-15)17(23)18-14-7-4-3-5-8-14/h3-9,12H,2,10-11,13H2,1H3,(H,18,23). The van der Waals surface area contributed by atoms with E-state index in [2.05, 4.69) is 5.32 Å². The van der Waals surface area contributed by atoms with E-state index in [-0.39, 0.29) is 12.4 Å². The molecule has 0 aliphatic heterocycles. The lowest BCUT2D eigenvalue weighted by atomic mass is 10.3. The number of benzene rings is 1. The lowest BCUT2D eigenvalue weighted by Gasteiger charge is -2.24. The van der Waals surface area contributed by atoms with Crippen LogP contribution in [0.1, 0.15) is 19.1 Å².